The zero-order chi connectivity index (χ0) is 6.78. The SMILES string of the molecule is C=NC(C)(C)C(C)N. The van der Waals surface area contributed by atoms with Gasteiger partial charge in [0, 0.05) is 6.04 Å². The van der Waals surface area contributed by atoms with Crippen molar-refractivity contribution in [1.29, 1.82) is 0 Å². The zero-order valence-corrected chi connectivity index (χ0v) is 5.81. The van der Waals surface area contributed by atoms with Gasteiger partial charge in [-0.15, -0.1) is 0 Å². The topological polar surface area (TPSA) is 38.4 Å². The van der Waals surface area contributed by atoms with Crippen LogP contribution in [0.3, 0.4) is 0 Å². The summed E-state index contributed by atoms with van der Waals surface area (Å²) in [6.07, 6.45) is 0. The second kappa shape index (κ2) is 2.27. The molecule has 0 aromatic rings. The predicted octanol–water partition coefficient (Wildman–Crippen LogP) is 0.813. The summed E-state index contributed by atoms with van der Waals surface area (Å²) in [6, 6.07) is 0.0833. The number of nitrogens with two attached hydrogens (primary N) is 1. The van der Waals surface area contributed by atoms with Gasteiger partial charge in [-0.2, -0.15) is 0 Å². The lowest BCUT2D eigenvalue weighted by Crippen LogP contribution is -2.38. The molecule has 0 aliphatic heterocycles. The summed E-state index contributed by atoms with van der Waals surface area (Å²) in [7, 11) is 0. The standard InChI is InChI=1S/C6H14N2/c1-5(7)6(2,3)8-4/h5H,4,7H2,1-3H3. The van der Waals surface area contributed by atoms with Crippen LogP contribution in [0.4, 0.5) is 0 Å². The number of aliphatic imine (C=N–C) groups is 1. The van der Waals surface area contributed by atoms with E-state index in [2.05, 4.69) is 11.7 Å². The monoisotopic (exact) mass is 114 g/mol. The Hall–Kier alpha value is -0.370. The van der Waals surface area contributed by atoms with Crippen molar-refractivity contribution in [3.05, 3.63) is 0 Å². The third-order valence-electron chi connectivity index (χ3n) is 1.52. The van der Waals surface area contributed by atoms with Gasteiger partial charge in [-0.05, 0) is 27.5 Å². The van der Waals surface area contributed by atoms with Gasteiger partial charge < -0.3 is 5.73 Å². The van der Waals surface area contributed by atoms with E-state index in [1.165, 1.54) is 0 Å². The van der Waals surface area contributed by atoms with Crippen LogP contribution in [0.5, 0.6) is 0 Å². The van der Waals surface area contributed by atoms with Gasteiger partial charge in [0.25, 0.3) is 0 Å². The van der Waals surface area contributed by atoms with E-state index < -0.39 is 0 Å². The molecular formula is C6H14N2. The van der Waals surface area contributed by atoms with Gasteiger partial charge in [0.15, 0.2) is 0 Å². The highest BCUT2D eigenvalue weighted by molar-refractivity contribution is 5.26. The maximum absolute atomic E-state index is 5.55. The van der Waals surface area contributed by atoms with Gasteiger partial charge >= 0.3 is 0 Å². The van der Waals surface area contributed by atoms with Crippen LogP contribution < -0.4 is 5.73 Å². The molecule has 2 nitrogen and oxygen atoms in total. The fourth-order valence-corrected chi connectivity index (χ4v) is 0.144. The van der Waals surface area contributed by atoms with Gasteiger partial charge in [0.1, 0.15) is 0 Å². The van der Waals surface area contributed by atoms with Crippen LogP contribution in [-0.2, 0) is 0 Å². The number of nitrogens with zero attached hydrogens (tertiary/aromatic N) is 1. The van der Waals surface area contributed by atoms with Crippen molar-refractivity contribution in [2.45, 2.75) is 32.4 Å². The van der Waals surface area contributed by atoms with Crippen molar-refractivity contribution >= 4 is 6.72 Å². The van der Waals surface area contributed by atoms with E-state index in [1.807, 2.05) is 20.8 Å². The molecule has 0 aliphatic carbocycles. The second-order valence-corrected chi connectivity index (χ2v) is 2.60. The van der Waals surface area contributed by atoms with Crippen LogP contribution in [0, 0.1) is 0 Å². The van der Waals surface area contributed by atoms with Crippen molar-refractivity contribution < 1.29 is 0 Å². The summed E-state index contributed by atoms with van der Waals surface area (Å²) in [5.41, 5.74) is 5.38. The maximum atomic E-state index is 5.55. The molecule has 0 saturated heterocycles. The van der Waals surface area contributed by atoms with Gasteiger partial charge in [0.05, 0.1) is 5.54 Å². The van der Waals surface area contributed by atoms with E-state index in [1.54, 1.807) is 0 Å². The third kappa shape index (κ3) is 1.62. The minimum atomic E-state index is -0.167. The molecular weight excluding hydrogens is 100 g/mol. The first kappa shape index (κ1) is 7.63. The Morgan fingerprint density at radius 3 is 2.00 bits per heavy atom. The average Bonchev–Trinajstić information content (AvgIpc) is 1.67. The predicted molar refractivity (Wildman–Crippen MR) is 37.3 cm³/mol. The van der Waals surface area contributed by atoms with Crippen molar-refractivity contribution in [3.8, 4) is 0 Å². The van der Waals surface area contributed by atoms with Crippen molar-refractivity contribution in [2.24, 2.45) is 10.7 Å². The van der Waals surface area contributed by atoms with Crippen LogP contribution in [-0.4, -0.2) is 18.3 Å². The minimum absolute atomic E-state index is 0.0833. The van der Waals surface area contributed by atoms with Crippen LogP contribution in [0.2, 0.25) is 0 Å². The van der Waals surface area contributed by atoms with Crippen LogP contribution >= 0.6 is 0 Å². The van der Waals surface area contributed by atoms with E-state index >= 15 is 0 Å². The van der Waals surface area contributed by atoms with E-state index in [-0.39, 0.29) is 11.6 Å². The van der Waals surface area contributed by atoms with Crippen LogP contribution in [0.1, 0.15) is 20.8 Å². The van der Waals surface area contributed by atoms with Gasteiger partial charge in [0.2, 0.25) is 0 Å². The summed E-state index contributed by atoms with van der Waals surface area (Å²) in [6.45, 7) is 9.27. The molecule has 0 aliphatic rings. The average molecular weight is 114 g/mol. The molecule has 1 atom stereocenters. The number of rotatable bonds is 2. The fourth-order valence-electron chi connectivity index (χ4n) is 0.144. The van der Waals surface area contributed by atoms with Crippen molar-refractivity contribution in [3.63, 3.8) is 0 Å². The normalized spacial score (nSPS) is 15.5. The molecule has 2 N–H and O–H groups in total. The Morgan fingerprint density at radius 2 is 2.00 bits per heavy atom. The first-order chi connectivity index (χ1) is 3.50. The highest BCUT2D eigenvalue weighted by atomic mass is 14.9. The Morgan fingerprint density at radius 1 is 1.62 bits per heavy atom. The molecule has 0 heterocycles. The number of hydrogen-bond acceptors (Lipinski definition) is 2. The van der Waals surface area contributed by atoms with E-state index in [0.717, 1.165) is 0 Å². The largest absolute Gasteiger partial charge is 0.326 e. The molecule has 0 fully saturated rings. The molecule has 0 amide bonds. The van der Waals surface area contributed by atoms with E-state index in [4.69, 9.17) is 5.73 Å². The molecule has 0 aromatic heterocycles. The minimum Gasteiger partial charge on any atom is -0.326 e. The highest BCUT2D eigenvalue weighted by Gasteiger charge is 2.18. The Kier molecular flexibility index (Phi) is 2.16. The molecule has 0 radical (unpaired) electrons. The maximum Gasteiger partial charge on any atom is 0.0692 e. The van der Waals surface area contributed by atoms with Crippen molar-refractivity contribution in [1.82, 2.24) is 0 Å². The van der Waals surface area contributed by atoms with Gasteiger partial charge in [-0.25, -0.2) is 0 Å². The molecule has 8 heavy (non-hydrogen) atoms. The van der Waals surface area contributed by atoms with Gasteiger partial charge in [-0.1, -0.05) is 0 Å². The second-order valence-electron chi connectivity index (χ2n) is 2.60. The highest BCUT2D eigenvalue weighted by Crippen LogP contribution is 2.10. The summed E-state index contributed by atoms with van der Waals surface area (Å²) in [4.78, 5) is 3.84. The first-order valence-corrected chi connectivity index (χ1v) is 2.74. The molecule has 0 saturated carbocycles. The third-order valence-corrected chi connectivity index (χ3v) is 1.52. The first-order valence-electron chi connectivity index (χ1n) is 2.74. The van der Waals surface area contributed by atoms with E-state index in [0.29, 0.717) is 0 Å². The molecule has 2 heteroatoms. The summed E-state index contributed by atoms with van der Waals surface area (Å²) < 4.78 is 0. The quantitative estimate of drug-likeness (QED) is 0.530. The van der Waals surface area contributed by atoms with Crippen molar-refractivity contribution in [2.75, 3.05) is 0 Å². The van der Waals surface area contributed by atoms with E-state index in [9.17, 15) is 0 Å². The van der Waals surface area contributed by atoms with Crippen LogP contribution in [0.15, 0.2) is 4.99 Å². The van der Waals surface area contributed by atoms with Gasteiger partial charge in [-0.3, -0.25) is 4.99 Å². The number of hydrogen-bond donors (Lipinski definition) is 1. The summed E-state index contributed by atoms with van der Waals surface area (Å²) in [5.74, 6) is 0. The Balaban J connectivity index is 3.90. The Labute approximate surface area is 50.8 Å². The lowest BCUT2D eigenvalue weighted by molar-refractivity contribution is 0.439. The molecule has 1 unspecified atom stereocenters. The lowest BCUT2D eigenvalue weighted by atomic mass is 9.98. The molecule has 0 spiro atoms. The molecule has 0 aromatic carbocycles. The summed E-state index contributed by atoms with van der Waals surface area (Å²) >= 11 is 0. The Bertz CT molecular complexity index is 84.5. The lowest BCUT2D eigenvalue weighted by Gasteiger charge is -2.22. The smallest absolute Gasteiger partial charge is 0.0692 e. The fraction of sp³-hybridized carbons (Fsp3) is 0.833. The zero-order valence-electron chi connectivity index (χ0n) is 5.81. The van der Waals surface area contributed by atoms with Crippen LogP contribution in [0.25, 0.3) is 0 Å². The summed E-state index contributed by atoms with van der Waals surface area (Å²) in [5, 5.41) is 0. The molecule has 0 bridgehead atoms. The molecule has 0 rings (SSSR count). The molecule has 48 valence electrons.